The Hall–Kier alpha value is -3.89. The summed E-state index contributed by atoms with van der Waals surface area (Å²) in [5.74, 6) is 5.22. The molecule has 0 radical (unpaired) electrons. The maximum absolute atomic E-state index is 13.7. The molecule has 0 bridgehead atoms. The van der Waals surface area contributed by atoms with Gasteiger partial charge in [0.1, 0.15) is 0 Å². The molecule has 1 aliphatic carbocycles. The maximum Gasteiger partial charge on any atom is 0.416 e. The molecule has 0 amide bonds. The molecule has 2 aromatic carbocycles. The van der Waals surface area contributed by atoms with Gasteiger partial charge in [-0.15, -0.1) is 5.10 Å². The molecule has 3 rings (SSSR count). The average Bonchev–Trinajstić information content (AvgIpc) is 2.95. The minimum Gasteiger partial charge on any atom is -0.481 e. The Morgan fingerprint density at radius 2 is 1.37 bits per heavy atom. The number of hydrogen-bond donors (Lipinski definition) is 3. The first-order chi connectivity index (χ1) is 22.4. The molecule has 0 atom stereocenters. The molecule has 278 valence electrons. The number of aryl methyl sites for hydroxylation is 1. The van der Waals surface area contributed by atoms with Crippen LogP contribution in [-0.2, 0) is 36.4 Å². The fourth-order valence-electron chi connectivity index (χ4n) is 4.98. The maximum atomic E-state index is 13.7. The topological polar surface area (TPSA) is 111 Å². The fraction of sp³-hybridized carbons (Fsp3) is 0.562. The molecule has 2 aromatic rings. The highest BCUT2D eigenvalue weighted by molar-refractivity contribution is 5.78. The van der Waals surface area contributed by atoms with Gasteiger partial charge in [-0.25, -0.2) is 11.0 Å². The van der Waals surface area contributed by atoms with E-state index in [-0.39, 0.29) is 17.2 Å². The third kappa shape index (κ3) is 15.0. The van der Waals surface area contributed by atoms with E-state index in [1.54, 1.807) is 18.9 Å². The number of nitrogens with zero attached hydrogens (tertiary/aromatic N) is 4. The number of halogens is 9. The summed E-state index contributed by atoms with van der Waals surface area (Å²) < 4.78 is 121. The zero-order valence-electron chi connectivity index (χ0n) is 28.3. The summed E-state index contributed by atoms with van der Waals surface area (Å²) in [6.45, 7) is 5.76. The molecule has 49 heavy (non-hydrogen) atoms. The second-order valence-corrected chi connectivity index (χ2v) is 11.9. The van der Waals surface area contributed by atoms with Gasteiger partial charge in [0.25, 0.3) is 5.97 Å². The number of carbonyl (C=O) groups is 1. The van der Waals surface area contributed by atoms with Crippen LogP contribution in [0.3, 0.4) is 0 Å². The summed E-state index contributed by atoms with van der Waals surface area (Å²) in [5, 5.41) is 11.9. The van der Waals surface area contributed by atoms with Crippen molar-refractivity contribution in [2.75, 3.05) is 25.5 Å². The van der Waals surface area contributed by atoms with Crippen LogP contribution in [0.2, 0.25) is 0 Å². The van der Waals surface area contributed by atoms with Crippen LogP contribution >= 0.6 is 0 Å². The zero-order valence-corrected chi connectivity index (χ0v) is 28.3. The number of benzene rings is 2. The van der Waals surface area contributed by atoms with Crippen LogP contribution in [0.1, 0.15) is 86.3 Å². The first-order valence-corrected chi connectivity index (χ1v) is 15.3. The lowest BCUT2D eigenvalue weighted by Crippen LogP contribution is -2.39. The van der Waals surface area contributed by atoms with E-state index in [9.17, 15) is 39.5 Å². The normalized spacial score (nSPS) is 14.2. The molecule has 0 heterocycles. The lowest BCUT2D eigenvalue weighted by Gasteiger charge is -2.29. The number of anilines is 1. The van der Waals surface area contributed by atoms with Gasteiger partial charge in [-0.2, -0.15) is 39.5 Å². The van der Waals surface area contributed by atoms with Gasteiger partial charge >= 0.3 is 18.5 Å². The summed E-state index contributed by atoms with van der Waals surface area (Å²) >= 11 is 0. The molecule has 0 spiro atoms. The van der Waals surface area contributed by atoms with E-state index in [1.807, 2.05) is 0 Å². The minimum atomic E-state index is -5.09. The Bertz CT molecular complexity index is 1350. The van der Waals surface area contributed by atoms with Gasteiger partial charge in [0.05, 0.1) is 16.7 Å². The molecule has 0 saturated heterocycles. The zero-order chi connectivity index (χ0) is 37.9. The molecule has 1 saturated carbocycles. The molecular weight excluding hydrogens is 671 g/mol. The van der Waals surface area contributed by atoms with Crippen LogP contribution in [0.25, 0.3) is 0 Å². The highest BCUT2D eigenvalue weighted by Gasteiger charge is 2.37. The third-order valence-corrected chi connectivity index (χ3v) is 7.48. The summed E-state index contributed by atoms with van der Waals surface area (Å²) in [7, 11) is 2.87. The van der Waals surface area contributed by atoms with Crippen molar-refractivity contribution < 1.29 is 49.4 Å². The smallest absolute Gasteiger partial charge is 0.416 e. The Balaban J connectivity index is 0.000000926. The van der Waals surface area contributed by atoms with E-state index >= 15 is 0 Å². The van der Waals surface area contributed by atoms with Crippen molar-refractivity contribution >= 4 is 17.6 Å². The Morgan fingerprint density at radius 1 is 0.878 bits per heavy atom. The van der Waals surface area contributed by atoms with Gasteiger partial charge in [0.2, 0.25) is 5.96 Å². The van der Waals surface area contributed by atoms with E-state index in [2.05, 4.69) is 12.0 Å². The summed E-state index contributed by atoms with van der Waals surface area (Å²) in [6.07, 6.45) is -7.46. The van der Waals surface area contributed by atoms with Gasteiger partial charge in [-0.1, -0.05) is 39.0 Å². The monoisotopic (exact) mass is 716 g/mol. The van der Waals surface area contributed by atoms with Gasteiger partial charge in [0.15, 0.2) is 0 Å². The minimum absolute atomic E-state index is 0.0250. The number of rotatable bonds is 7. The summed E-state index contributed by atoms with van der Waals surface area (Å²) in [5.41, 5.74) is 1.81. The standard InChI is InChI=1S/C23H27F9N6.C7H14.C2H4O2/c1-5-36(3)19-6-13(2)18(23(30,31)32)9-15(19)12-38(20(33)35-37(4)34)11-14-7-16(21(24,25)26)10-17(8-14)22(27,28)29;1-7-5-3-2-4-6-7;1-2(3)4/h6-10H,5,11-12,34H2,1-4H3,(H2,33,35);7H,2-6H2,1H3;1H3,(H,3,4). The lowest BCUT2D eigenvalue weighted by atomic mass is 9.91. The molecular formula is C32H45F9N6O2. The van der Waals surface area contributed by atoms with E-state index < -0.39 is 65.8 Å². The van der Waals surface area contributed by atoms with Gasteiger partial charge in [-0.3, -0.25) is 4.79 Å². The highest BCUT2D eigenvalue weighted by atomic mass is 19.4. The fourth-order valence-corrected chi connectivity index (χ4v) is 4.98. The number of hydrazone groups is 1. The van der Waals surface area contributed by atoms with Crippen molar-refractivity contribution in [1.29, 1.82) is 0 Å². The first-order valence-electron chi connectivity index (χ1n) is 15.3. The van der Waals surface area contributed by atoms with Crippen LogP contribution in [0.15, 0.2) is 35.4 Å². The number of guanidine groups is 1. The van der Waals surface area contributed by atoms with Crippen LogP contribution in [-0.4, -0.2) is 47.7 Å². The van der Waals surface area contributed by atoms with Crippen molar-refractivity contribution in [2.24, 2.45) is 22.6 Å². The van der Waals surface area contributed by atoms with Gasteiger partial charge in [-0.05, 0) is 66.8 Å². The van der Waals surface area contributed by atoms with Crippen molar-refractivity contribution in [3.8, 4) is 0 Å². The van der Waals surface area contributed by atoms with Crippen LogP contribution in [0, 0.1) is 12.8 Å². The molecule has 0 aliphatic heterocycles. The molecule has 0 unspecified atom stereocenters. The first kappa shape index (κ1) is 43.1. The number of nitrogens with two attached hydrogens (primary N) is 2. The number of hydrogen-bond acceptors (Lipinski definition) is 5. The highest BCUT2D eigenvalue weighted by Crippen LogP contribution is 2.38. The SMILES string of the molecule is CC(=O)O.CC1CCCCC1.CCN(C)c1cc(C)c(C(F)(F)F)cc1CN(Cc1cc(C(F)(F)F)cc(C(F)(F)F)c1)/C(N)=N/N(C)N. The number of hydrazine groups is 1. The van der Waals surface area contributed by atoms with E-state index in [0.717, 1.165) is 28.9 Å². The largest absolute Gasteiger partial charge is 0.481 e. The van der Waals surface area contributed by atoms with Crippen LogP contribution in [0.5, 0.6) is 0 Å². The van der Waals surface area contributed by atoms with Crippen molar-refractivity contribution in [3.63, 3.8) is 0 Å². The molecule has 1 fully saturated rings. The summed E-state index contributed by atoms with van der Waals surface area (Å²) in [4.78, 5) is 11.7. The van der Waals surface area contributed by atoms with Crippen LogP contribution in [0.4, 0.5) is 45.2 Å². The Kier molecular flexibility index (Phi) is 16.0. The number of alkyl halides is 9. The van der Waals surface area contributed by atoms with Crippen molar-refractivity contribution in [2.45, 2.75) is 91.4 Å². The third-order valence-electron chi connectivity index (χ3n) is 7.48. The average molecular weight is 717 g/mol. The van der Waals surface area contributed by atoms with Gasteiger partial charge in [0, 0.05) is 46.3 Å². The Labute approximate surface area is 280 Å². The van der Waals surface area contributed by atoms with E-state index in [1.165, 1.54) is 52.1 Å². The molecule has 1 aliphatic rings. The predicted molar refractivity (Wildman–Crippen MR) is 170 cm³/mol. The van der Waals surface area contributed by atoms with Crippen molar-refractivity contribution in [3.05, 3.63) is 63.7 Å². The predicted octanol–water partition coefficient (Wildman–Crippen LogP) is 8.22. The van der Waals surface area contributed by atoms with Gasteiger partial charge < -0.3 is 20.6 Å². The number of aliphatic carboxylic acids is 1. The Morgan fingerprint density at radius 3 is 1.73 bits per heavy atom. The second-order valence-electron chi connectivity index (χ2n) is 11.9. The lowest BCUT2D eigenvalue weighted by molar-refractivity contribution is -0.143. The van der Waals surface area contributed by atoms with E-state index in [4.69, 9.17) is 21.5 Å². The summed E-state index contributed by atoms with van der Waals surface area (Å²) in [6, 6.07) is 3.17. The molecule has 0 aromatic heterocycles. The van der Waals surface area contributed by atoms with Crippen LogP contribution < -0.4 is 16.5 Å². The van der Waals surface area contributed by atoms with E-state index in [0.29, 0.717) is 24.4 Å². The molecule has 8 nitrogen and oxygen atoms in total. The second kappa shape index (κ2) is 18.2. The molecule has 17 heteroatoms. The number of carboxylic acid groups (broad SMARTS) is 1. The molecule has 5 N–H and O–H groups in total. The van der Waals surface area contributed by atoms with Crippen molar-refractivity contribution in [1.82, 2.24) is 10.0 Å². The quantitative estimate of drug-likeness (QED) is 0.0871. The number of carboxylic acids is 1.